The number of nitriles is 1. The molecule has 2 heterocycles. The molecule has 0 amide bonds. The fraction of sp³-hybridized carbons (Fsp3) is 0.500. The van der Waals surface area contributed by atoms with Crippen molar-refractivity contribution in [3.63, 3.8) is 0 Å². The van der Waals surface area contributed by atoms with Gasteiger partial charge in [0.1, 0.15) is 17.8 Å². The van der Waals surface area contributed by atoms with E-state index < -0.39 is 12.0 Å². The number of fused-ring (bicyclic) bond motifs is 1. The molecule has 24 heavy (non-hydrogen) atoms. The van der Waals surface area contributed by atoms with Crippen LogP contribution in [0, 0.1) is 30.0 Å². The van der Waals surface area contributed by atoms with Gasteiger partial charge in [0.05, 0.1) is 19.0 Å². The van der Waals surface area contributed by atoms with Crippen molar-refractivity contribution in [3.05, 3.63) is 29.3 Å². The highest BCUT2D eigenvalue weighted by molar-refractivity contribution is 5.81. The summed E-state index contributed by atoms with van der Waals surface area (Å²) >= 11 is 0. The highest BCUT2D eigenvalue weighted by atomic mass is 19.1. The Kier molecular flexibility index (Phi) is 4.61. The van der Waals surface area contributed by atoms with Gasteiger partial charge in [-0.1, -0.05) is 0 Å². The number of Topliss-reactive ketones (excluding diaryl/α,β-unsaturated/α-hetero) is 1. The molecule has 3 rings (SSSR count). The molecule has 1 saturated carbocycles. The number of ketones is 1. The van der Waals surface area contributed by atoms with E-state index in [0.717, 1.165) is 0 Å². The predicted molar refractivity (Wildman–Crippen MR) is 84.7 cm³/mol. The highest BCUT2D eigenvalue weighted by Gasteiger charge is 2.27. The third-order valence-corrected chi connectivity index (χ3v) is 4.80. The smallest absolute Gasteiger partial charge is 0.155 e. The Bertz CT molecular complexity index is 770. The van der Waals surface area contributed by atoms with Crippen LogP contribution < -0.4 is 0 Å². The molecule has 0 saturated heterocycles. The fourth-order valence-corrected chi connectivity index (χ4v) is 3.47. The summed E-state index contributed by atoms with van der Waals surface area (Å²) in [5.74, 6) is -0.125. The van der Waals surface area contributed by atoms with Crippen LogP contribution in [-0.2, 0) is 17.8 Å². The van der Waals surface area contributed by atoms with Gasteiger partial charge in [-0.25, -0.2) is 13.8 Å². The molecule has 126 valence electrons. The quantitative estimate of drug-likeness (QED) is 0.860. The van der Waals surface area contributed by atoms with E-state index in [1.165, 1.54) is 16.8 Å². The van der Waals surface area contributed by atoms with Gasteiger partial charge in [-0.2, -0.15) is 5.26 Å². The van der Waals surface area contributed by atoms with Crippen molar-refractivity contribution < 1.29 is 13.6 Å². The monoisotopic (exact) mass is 331 g/mol. The van der Waals surface area contributed by atoms with Crippen LogP contribution in [0.3, 0.4) is 0 Å². The van der Waals surface area contributed by atoms with E-state index in [2.05, 4.69) is 11.1 Å². The first-order chi connectivity index (χ1) is 11.5. The standard InChI is InChI=1S/C18H19F2N3O/c1-11-15(6-7-21)16-8-14(20)9-23(18(16)22-11)10-17(24)12-2-4-13(19)5-3-12/h8-9,12-13H,2-6,10H2,1H3. The molecule has 4 nitrogen and oxygen atoms in total. The minimum absolute atomic E-state index is 0.0127. The molecule has 0 N–H and O–H groups in total. The Hall–Kier alpha value is -2.29. The lowest BCUT2D eigenvalue weighted by molar-refractivity contribution is -0.124. The lowest BCUT2D eigenvalue weighted by Crippen LogP contribution is -2.26. The van der Waals surface area contributed by atoms with Crippen LogP contribution in [0.1, 0.15) is 36.9 Å². The zero-order valence-corrected chi connectivity index (χ0v) is 13.6. The Morgan fingerprint density at radius 2 is 2.12 bits per heavy atom. The maximum Gasteiger partial charge on any atom is 0.155 e. The van der Waals surface area contributed by atoms with E-state index in [0.29, 0.717) is 48.3 Å². The first-order valence-corrected chi connectivity index (χ1v) is 8.18. The van der Waals surface area contributed by atoms with Crippen LogP contribution in [0.15, 0.2) is 12.3 Å². The first kappa shape index (κ1) is 16.6. The maximum atomic E-state index is 14.0. The average molecular weight is 331 g/mol. The van der Waals surface area contributed by atoms with Crippen LogP contribution >= 0.6 is 0 Å². The van der Waals surface area contributed by atoms with Crippen molar-refractivity contribution >= 4 is 5.78 Å². The lowest BCUT2D eigenvalue weighted by atomic mass is 9.85. The molecule has 1 fully saturated rings. The molecule has 2 aliphatic heterocycles. The van der Waals surface area contributed by atoms with E-state index in [4.69, 9.17) is 5.26 Å². The summed E-state index contributed by atoms with van der Waals surface area (Å²) in [4.78, 5) is 16.9. The summed E-state index contributed by atoms with van der Waals surface area (Å²) in [6, 6.07) is 3.42. The summed E-state index contributed by atoms with van der Waals surface area (Å²) in [5.41, 5.74) is 1.96. The molecule has 1 aliphatic carbocycles. The Labute approximate surface area is 139 Å². The molecule has 0 atom stereocenters. The number of pyridine rings is 1. The first-order valence-electron chi connectivity index (χ1n) is 8.18. The zero-order valence-electron chi connectivity index (χ0n) is 13.6. The summed E-state index contributed by atoms with van der Waals surface area (Å²) in [7, 11) is 0. The van der Waals surface area contributed by atoms with Crippen molar-refractivity contribution in [2.24, 2.45) is 5.92 Å². The van der Waals surface area contributed by atoms with E-state index in [-0.39, 0.29) is 24.7 Å². The summed E-state index contributed by atoms with van der Waals surface area (Å²) in [6.45, 7) is 1.80. The number of carbonyl (C=O) groups excluding carboxylic acids is 1. The minimum atomic E-state index is -0.810. The number of nitrogens with zero attached hydrogens (tertiary/aromatic N) is 3. The van der Waals surface area contributed by atoms with E-state index in [1.807, 2.05) is 0 Å². The van der Waals surface area contributed by atoms with Crippen molar-refractivity contribution in [2.75, 3.05) is 0 Å². The second kappa shape index (κ2) is 6.68. The van der Waals surface area contributed by atoms with E-state index in [9.17, 15) is 13.6 Å². The van der Waals surface area contributed by atoms with Gasteiger partial charge in [-0.05, 0) is 44.2 Å². The topological polar surface area (TPSA) is 58.7 Å². The number of aromatic nitrogens is 2. The van der Waals surface area contributed by atoms with Crippen LogP contribution in [0.4, 0.5) is 8.78 Å². The summed E-state index contributed by atoms with van der Waals surface area (Å²) in [5, 5.41) is 8.93. The molecule has 0 aromatic carbocycles. The van der Waals surface area contributed by atoms with Crippen molar-refractivity contribution in [2.45, 2.75) is 51.7 Å². The third-order valence-electron chi connectivity index (χ3n) is 4.80. The van der Waals surface area contributed by atoms with Gasteiger partial charge in [0.25, 0.3) is 0 Å². The van der Waals surface area contributed by atoms with Gasteiger partial charge in [0, 0.05) is 23.4 Å². The zero-order chi connectivity index (χ0) is 17.3. The number of hydrogen-bond donors (Lipinski definition) is 0. The van der Waals surface area contributed by atoms with Crippen LogP contribution in [0.5, 0.6) is 0 Å². The number of halogens is 2. The molecule has 3 aliphatic rings. The fourth-order valence-electron chi connectivity index (χ4n) is 3.47. The van der Waals surface area contributed by atoms with Gasteiger partial charge in [-0.3, -0.25) is 4.79 Å². The van der Waals surface area contributed by atoms with Crippen molar-refractivity contribution in [3.8, 4) is 17.5 Å². The molecule has 0 spiro atoms. The van der Waals surface area contributed by atoms with Gasteiger partial charge >= 0.3 is 0 Å². The Balaban J connectivity index is 1.87. The summed E-state index contributed by atoms with van der Waals surface area (Å²) < 4.78 is 28.7. The Morgan fingerprint density at radius 3 is 2.79 bits per heavy atom. The normalized spacial score (nSPS) is 20.9. The third kappa shape index (κ3) is 3.16. The average Bonchev–Trinajstić information content (AvgIpc) is 2.85. The molecule has 0 aromatic rings. The SMILES string of the molecule is Cc1nc2n(CC(=O)C3CCC(F)CC3)cc(F)cc-2c1CC#N. The second-order valence-electron chi connectivity index (χ2n) is 6.45. The van der Waals surface area contributed by atoms with Crippen LogP contribution in [0.2, 0.25) is 0 Å². The molecule has 0 aromatic heterocycles. The van der Waals surface area contributed by atoms with E-state index >= 15 is 0 Å². The molecule has 0 unspecified atom stereocenters. The van der Waals surface area contributed by atoms with Crippen LogP contribution in [0.25, 0.3) is 11.4 Å². The predicted octanol–water partition coefficient (Wildman–Crippen LogP) is 3.60. The Morgan fingerprint density at radius 1 is 1.42 bits per heavy atom. The minimum Gasteiger partial charge on any atom is -0.322 e. The van der Waals surface area contributed by atoms with E-state index in [1.54, 1.807) is 6.92 Å². The molecule has 0 bridgehead atoms. The maximum absolute atomic E-state index is 14.0. The molecular weight excluding hydrogens is 312 g/mol. The molecule has 0 radical (unpaired) electrons. The number of hydrogen-bond acceptors (Lipinski definition) is 3. The second-order valence-corrected chi connectivity index (χ2v) is 6.45. The highest BCUT2D eigenvalue weighted by Crippen LogP contribution is 2.31. The number of carbonyl (C=O) groups is 1. The molecular formula is C18H19F2N3O. The van der Waals surface area contributed by atoms with Crippen molar-refractivity contribution in [1.82, 2.24) is 9.55 Å². The van der Waals surface area contributed by atoms with Gasteiger partial charge < -0.3 is 4.57 Å². The van der Waals surface area contributed by atoms with Gasteiger partial charge in [-0.15, -0.1) is 0 Å². The van der Waals surface area contributed by atoms with Crippen LogP contribution in [-0.4, -0.2) is 21.5 Å². The largest absolute Gasteiger partial charge is 0.322 e. The van der Waals surface area contributed by atoms with Gasteiger partial charge in [0.2, 0.25) is 0 Å². The number of aryl methyl sites for hydroxylation is 1. The molecule has 6 heteroatoms. The number of rotatable bonds is 4. The number of alkyl halides is 1. The van der Waals surface area contributed by atoms with Gasteiger partial charge in [0.15, 0.2) is 5.78 Å². The van der Waals surface area contributed by atoms with Crippen molar-refractivity contribution in [1.29, 1.82) is 5.26 Å². The summed E-state index contributed by atoms with van der Waals surface area (Å²) in [6.07, 6.45) is 2.54. The lowest BCUT2D eigenvalue weighted by Gasteiger charge is -2.23.